The Labute approximate surface area is 281 Å². The van der Waals surface area contributed by atoms with Gasteiger partial charge in [-0.15, -0.1) is 0 Å². The minimum absolute atomic E-state index is 0.0196. The molecule has 0 bridgehead atoms. The summed E-state index contributed by atoms with van der Waals surface area (Å²) in [6.07, 6.45) is 14.9. The summed E-state index contributed by atoms with van der Waals surface area (Å²) in [6.45, 7) is 3.88. The van der Waals surface area contributed by atoms with Crippen molar-refractivity contribution in [3.63, 3.8) is 0 Å². The van der Waals surface area contributed by atoms with Gasteiger partial charge in [0.1, 0.15) is 11.6 Å². The highest BCUT2D eigenvalue weighted by atomic mass is 19.1. The van der Waals surface area contributed by atoms with E-state index >= 15 is 4.39 Å². The standard InChI is InChI=1S/C40H56FNO5/c1-40-18-17-31-38(32(40)14-16-36(40)44)28(22-29-23-30(43)24-33(41)39(29)31)12-8-5-9-19-42(25-26-10-6-4-7-11-26)37(45)21-27-13-15-34(46-2)35(20-27)47-3/h13,15,20,23-24,26,28,31-32,36,38,43-44H,4-12,14,16-19,21-22,25H2,1-3H3/t28-,31+,32+,36+,38-,40+/m1/s1. The molecule has 6 nitrogen and oxygen atoms in total. The lowest BCUT2D eigenvalue weighted by molar-refractivity contribution is -0.131. The number of hydrogen-bond donors (Lipinski definition) is 2. The van der Waals surface area contributed by atoms with Crippen LogP contribution in [-0.2, 0) is 17.6 Å². The van der Waals surface area contributed by atoms with Crippen LogP contribution in [0.5, 0.6) is 17.2 Å². The molecule has 1 amide bonds. The molecule has 2 aromatic rings. The number of fused-ring (bicyclic) bond motifs is 5. The minimum Gasteiger partial charge on any atom is -0.508 e. The van der Waals surface area contributed by atoms with E-state index in [0.29, 0.717) is 41.6 Å². The third-order valence-corrected chi connectivity index (χ3v) is 12.7. The van der Waals surface area contributed by atoms with Gasteiger partial charge in [0, 0.05) is 19.2 Å². The van der Waals surface area contributed by atoms with E-state index in [0.717, 1.165) is 87.6 Å². The van der Waals surface area contributed by atoms with Crippen LogP contribution in [0.3, 0.4) is 0 Å². The molecule has 0 radical (unpaired) electrons. The van der Waals surface area contributed by atoms with Crippen LogP contribution >= 0.6 is 0 Å². The van der Waals surface area contributed by atoms with E-state index in [1.165, 1.54) is 38.2 Å². The molecule has 258 valence electrons. The topological polar surface area (TPSA) is 79.2 Å². The number of unbranched alkanes of at least 4 members (excludes halogenated alkanes) is 2. The molecule has 3 saturated carbocycles. The Hall–Kier alpha value is -2.80. The second-order valence-electron chi connectivity index (χ2n) is 15.5. The third kappa shape index (κ3) is 7.16. The number of ether oxygens (including phenoxy) is 2. The molecule has 0 saturated heterocycles. The Kier molecular flexibility index (Phi) is 10.7. The number of aliphatic hydroxyl groups is 1. The first-order valence-corrected chi connectivity index (χ1v) is 18.4. The SMILES string of the molecule is COc1ccc(CC(=O)N(CCCCC[C@@H]2Cc3cc(O)cc(F)c3[C@H]3CC[C@]4(C)[C@@H](O)CC[C@H]4[C@H]23)CC2CCCCC2)cc1OC. The van der Waals surface area contributed by atoms with E-state index in [4.69, 9.17) is 9.47 Å². The zero-order valence-electron chi connectivity index (χ0n) is 28.8. The Bertz CT molecular complexity index is 1390. The second-order valence-corrected chi connectivity index (χ2v) is 15.5. The maximum Gasteiger partial charge on any atom is 0.227 e. The highest BCUT2D eigenvalue weighted by Gasteiger charge is 2.57. The Morgan fingerprint density at radius 1 is 0.979 bits per heavy atom. The number of amides is 1. The molecule has 0 aromatic heterocycles. The molecule has 0 spiro atoms. The lowest BCUT2D eigenvalue weighted by Crippen LogP contribution is -2.47. The first-order valence-electron chi connectivity index (χ1n) is 18.4. The van der Waals surface area contributed by atoms with Gasteiger partial charge < -0.3 is 24.6 Å². The number of aliphatic hydroxyl groups excluding tert-OH is 1. The van der Waals surface area contributed by atoms with Gasteiger partial charge in [0.2, 0.25) is 5.91 Å². The maximum absolute atomic E-state index is 15.4. The van der Waals surface area contributed by atoms with E-state index in [2.05, 4.69) is 11.8 Å². The molecule has 2 N–H and O–H groups in total. The van der Waals surface area contributed by atoms with E-state index in [-0.39, 0.29) is 34.9 Å². The summed E-state index contributed by atoms with van der Waals surface area (Å²) in [7, 11) is 3.24. The molecule has 47 heavy (non-hydrogen) atoms. The first kappa shape index (κ1) is 34.1. The van der Waals surface area contributed by atoms with Gasteiger partial charge in [-0.2, -0.15) is 0 Å². The molecule has 0 aliphatic heterocycles. The fraction of sp³-hybridized carbons (Fsp3) is 0.675. The molecule has 2 aromatic carbocycles. The number of phenolic OH excluding ortho intramolecular Hbond substituents is 1. The molecule has 4 aliphatic rings. The lowest BCUT2D eigenvalue weighted by Gasteiger charge is -2.53. The fourth-order valence-corrected chi connectivity index (χ4v) is 10.3. The number of aromatic hydroxyl groups is 1. The third-order valence-electron chi connectivity index (χ3n) is 12.7. The van der Waals surface area contributed by atoms with Gasteiger partial charge in [-0.3, -0.25) is 4.79 Å². The molecule has 7 heteroatoms. The summed E-state index contributed by atoms with van der Waals surface area (Å²) in [6, 6.07) is 8.83. The van der Waals surface area contributed by atoms with Crippen molar-refractivity contribution >= 4 is 5.91 Å². The number of phenols is 1. The smallest absolute Gasteiger partial charge is 0.227 e. The number of hydrogen-bond acceptors (Lipinski definition) is 5. The second kappa shape index (κ2) is 14.8. The number of carbonyl (C=O) groups excluding carboxylic acids is 1. The van der Waals surface area contributed by atoms with Gasteiger partial charge in [0.15, 0.2) is 11.5 Å². The summed E-state index contributed by atoms with van der Waals surface area (Å²) >= 11 is 0. The number of methoxy groups -OCH3 is 2. The first-order chi connectivity index (χ1) is 22.7. The molecule has 4 aliphatic carbocycles. The van der Waals surface area contributed by atoms with Crippen molar-refractivity contribution in [2.45, 2.75) is 115 Å². The number of nitrogens with zero attached hydrogens (tertiary/aromatic N) is 1. The van der Waals surface area contributed by atoms with Crippen molar-refractivity contribution in [1.82, 2.24) is 4.90 Å². The van der Waals surface area contributed by atoms with E-state index in [1.807, 2.05) is 18.2 Å². The van der Waals surface area contributed by atoms with Crippen LogP contribution in [0.25, 0.3) is 0 Å². The monoisotopic (exact) mass is 649 g/mol. The Morgan fingerprint density at radius 2 is 1.77 bits per heavy atom. The number of benzene rings is 2. The normalized spacial score (nSPS) is 28.7. The molecule has 3 fully saturated rings. The molecule has 0 unspecified atom stereocenters. The lowest BCUT2D eigenvalue weighted by atomic mass is 9.52. The molecular formula is C40H56FNO5. The van der Waals surface area contributed by atoms with Crippen LogP contribution in [0.4, 0.5) is 4.39 Å². The molecule has 6 atom stereocenters. The van der Waals surface area contributed by atoms with Crippen LogP contribution in [0.2, 0.25) is 0 Å². The predicted octanol–water partition coefficient (Wildman–Crippen LogP) is 8.20. The average Bonchev–Trinajstić information content (AvgIpc) is 3.37. The quantitative estimate of drug-likeness (QED) is 0.227. The molecule has 6 rings (SSSR count). The molecular weight excluding hydrogens is 593 g/mol. The van der Waals surface area contributed by atoms with Crippen molar-refractivity contribution in [3.8, 4) is 17.2 Å². The predicted molar refractivity (Wildman–Crippen MR) is 182 cm³/mol. The van der Waals surface area contributed by atoms with Gasteiger partial charge in [0.05, 0.1) is 26.7 Å². The highest BCUT2D eigenvalue weighted by molar-refractivity contribution is 5.79. The van der Waals surface area contributed by atoms with E-state index in [9.17, 15) is 15.0 Å². The Balaban J connectivity index is 1.10. The van der Waals surface area contributed by atoms with E-state index in [1.54, 1.807) is 20.3 Å². The summed E-state index contributed by atoms with van der Waals surface area (Å²) in [5, 5.41) is 21.3. The summed E-state index contributed by atoms with van der Waals surface area (Å²) in [5.74, 6) is 3.17. The zero-order chi connectivity index (χ0) is 33.1. The summed E-state index contributed by atoms with van der Waals surface area (Å²) < 4.78 is 26.2. The highest BCUT2D eigenvalue weighted by Crippen LogP contribution is 2.63. The van der Waals surface area contributed by atoms with Gasteiger partial charge in [-0.25, -0.2) is 4.39 Å². The average molecular weight is 650 g/mol. The number of halogens is 1. The largest absolute Gasteiger partial charge is 0.508 e. The van der Waals surface area contributed by atoms with Gasteiger partial charge >= 0.3 is 0 Å². The number of rotatable bonds is 12. The summed E-state index contributed by atoms with van der Waals surface area (Å²) in [4.78, 5) is 15.8. The minimum atomic E-state index is -0.271. The molecule has 0 heterocycles. The Morgan fingerprint density at radius 3 is 2.53 bits per heavy atom. The van der Waals surface area contributed by atoms with Crippen molar-refractivity contribution in [2.75, 3.05) is 27.3 Å². The van der Waals surface area contributed by atoms with Crippen LogP contribution in [0.1, 0.15) is 113 Å². The van der Waals surface area contributed by atoms with Gasteiger partial charge in [-0.1, -0.05) is 45.1 Å². The van der Waals surface area contributed by atoms with E-state index < -0.39 is 0 Å². The maximum atomic E-state index is 15.4. The summed E-state index contributed by atoms with van der Waals surface area (Å²) in [5.41, 5.74) is 2.67. The van der Waals surface area contributed by atoms with Gasteiger partial charge in [0.25, 0.3) is 0 Å². The van der Waals surface area contributed by atoms with Gasteiger partial charge in [-0.05, 0) is 128 Å². The van der Waals surface area contributed by atoms with Crippen LogP contribution < -0.4 is 9.47 Å². The van der Waals surface area contributed by atoms with Crippen LogP contribution in [-0.4, -0.2) is 54.4 Å². The van der Waals surface area contributed by atoms with Crippen molar-refractivity contribution < 1.29 is 28.9 Å². The van der Waals surface area contributed by atoms with Crippen LogP contribution in [0.15, 0.2) is 30.3 Å². The zero-order valence-corrected chi connectivity index (χ0v) is 28.8. The van der Waals surface area contributed by atoms with Crippen molar-refractivity contribution in [1.29, 1.82) is 0 Å². The van der Waals surface area contributed by atoms with Crippen LogP contribution in [0, 0.1) is 34.9 Å². The fourth-order valence-electron chi connectivity index (χ4n) is 10.3. The number of carbonyl (C=O) groups is 1. The van der Waals surface area contributed by atoms with Crippen molar-refractivity contribution in [2.24, 2.45) is 29.1 Å². The van der Waals surface area contributed by atoms with Crippen molar-refractivity contribution in [3.05, 3.63) is 52.8 Å².